The van der Waals surface area contributed by atoms with Gasteiger partial charge in [-0.2, -0.15) is 15.1 Å². The van der Waals surface area contributed by atoms with Crippen LogP contribution in [0, 0.1) is 5.82 Å². The lowest BCUT2D eigenvalue weighted by atomic mass is 9.91. The Morgan fingerprint density at radius 2 is 2.02 bits per heavy atom. The van der Waals surface area contributed by atoms with Crippen molar-refractivity contribution < 1.29 is 23.8 Å². The number of carbonyl (C=O) groups is 1. The number of hydrogen-bond donors (Lipinski definition) is 1. The Bertz CT molecular complexity index is 2010. The number of carbonyl (C=O) groups excluding carboxylic acids is 1. The van der Waals surface area contributed by atoms with E-state index in [1.54, 1.807) is 32.3 Å². The minimum Gasteiger partial charge on any atom is -0.508 e. The predicted molar refractivity (Wildman–Crippen MR) is 187 cm³/mol. The number of amides is 1. The molecule has 12 heteroatoms. The Morgan fingerprint density at radius 3 is 2.84 bits per heavy atom. The Balaban J connectivity index is 1.17. The first-order valence-electron chi connectivity index (χ1n) is 17.7. The third-order valence-corrected chi connectivity index (χ3v) is 10.9. The molecule has 1 amide bonds. The van der Waals surface area contributed by atoms with Gasteiger partial charge in [0.15, 0.2) is 5.69 Å². The fraction of sp³-hybridized carbons (Fsp3) is 0.474. The first kappa shape index (κ1) is 32.6. The number of aromatic nitrogens is 4. The van der Waals surface area contributed by atoms with Crippen molar-refractivity contribution in [1.29, 1.82) is 0 Å². The molecule has 0 bridgehead atoms. The molecule has 0 radical (unpaired) electrons. The molecule has 8 rings (SSSR count). The number of rotatable bonds is 7. The topological polar surface area (TPSA) is 109 Å². The van der Waals surface area contributed by atoms with Crippen LogP contribution in [0.2, 0.25) is 0 Å². The number of halogens is 1. The van der Waals surface area contributed by atoms with E-state index in [1.807, 2.05) is 17.7 Å². The number of ether oxygens (including phenoxy) is 2. The standard InChI is InChI=1S/C38H44FN7O4/c1-5-27-30(39)9-8-24-14-26(47)16-28(34(24)27)33-17-31-29(21-49-33)35(41-37(40-31)50-22-38-10-6-12-45(38)19-23(2)18-38)44-11-7-13-46-25(20-44)15-32(42-46)36(48)43(3)4/h8-9,14-16,33,47H,2,5-7,10-13,17-22H2,1,3-4H3/t33-,38-/m0/s1. The maximum atomic E-state index is 15.1. The molecule has 0 unspecified atom stereocenters. The molecule has 4 aliphatic rings. The number of anilines is 1. The zero-order chi connectivity index (χ0) is 34.7. The molecule has 6 heterocycles. The third-order valence-electron chi connectivity index (χ3n) is 10.9. The van der Waals surface area contributed by atoms with Crippen LogP contribution >= 0.6 is 0 Å². The van der Waals surface area contributed by atoms with Gasteiger partial charge in [-0.15, -0.1) is 0 Å². The second-order valence-corrected chi connectivity index (χ2v) is 14.5. The van der Waals surface area contributed by atoms with Crippen molar-refractivity contribution in [3.05, 3.63) is 82.1 Å². The lowest BCUT2D eigenvalue weighted by molar-refractivity contribution is 0.0262. The number of hydrogen-bond acceptors (Lipinski definition) is 9. The van der Waals surface area contributed by atoms with Crippen LogP contribution in [0.3, 0.4) is 0 Å². The highest BCUT2D eigenvalue weighted by Crippen LogP contribution is 2.43. The molecule has 262 valence electrons. The van der Waals surface area contributed by atoms with Crippen LogP contribution in [-0.4, -0.2) is 86.4 Å². The molecule has 4 aromatic rings. The van der Waals surface area contributed by atoms with Crippen molar-refractivity contribution in [1.82, 2.24) is 29.5 Å². The third kappa shape index (κ3) is 5.68. The number of phenolic OH excluding ortho intramolecular Hbond substituents is 1. The van der Waals surface area contributed by atoms with Gasteiger partial charge in [-0.25, -0.2) is 4.39 Å². The number of aryl methyl sites for hydroxylation is 2. The molecule has 0 saturated carbocycles. The highest BCUT2D eigenvalue weighted by atomic mass is 19.1. The summed E-state index contributed by atoms with van der Waals surface area (Å²) in [7, 11) is 3.46. The lowest BCUT2D eigenvalue weighted by Crippen LogP contribution is -2.43. The molecule has 0 aliphatic carbocycles. The predicted octanol–water partition coefficient (Wildman–Crippen LogP) is 5.33. The van der Waals surface area contributed by atoms with Gasteiger partial charge in [-0.1, -0.05) is 25.1 Å². The summed E-state index contributed by atoms with van der Waals surface area (Å²) in [5.41, 5.74) is 5.53. The van der Waals surface area contributed by atoms with Gasteiger partial charge in [0.25, 0.3) is 5.91 Å². The van der Waals surface area contributed by atoms with Crippen molar-refractivity contribution in [3.63, 3.8) is 0 Å². The SMILES string of the molecule is C=C1CN2CCC[C@@]2(COc2nc3c(c(N4CCCn5nc(C(=O)N(C)C)cc5C4)n2)CO[C@H](c2cc(O)cc4ccc(F)c(CC)c24)C3)C1. The molecular formula is C38H44FN7O4. The van der Waals surface area contributed by atoms with Gasteiger partial charge in [0.1, 0.15) is 24.0 Å². The summed E-state index contributed by atoms with van der Waals surface area (Å²) in [6.07, 6.45) is 4.34. The van der Waals surface area contributed by atoms with Gasteiger partial charge >= 0.3 is 6.01 Å². The minimum atomic E-state index is -0.466. The maximum absolute atomic E-state index is 15.1. The van der Waals surface area contributed by atoms with Gasteiger partial charge < -0.3 is 24.4 Å². The van der Waals surface area contributed by atoms with E-state index in [-0.39, 0.29) is 29.6 Å². The van der Waals surface area contributed by atoms with Gasteiger partial charge in [0, 0.05) is 45.7 Å². The molecule has 11 nitrogen and oxygen atoms in total. The Labute approximate surface area is 291 Å². The monoisotopic (exact) mass is 681 g/mol. The largest absolute Gasteiger partial charge is 0.508 e. The van der Waals surface area contributed by atoms with E-state index in [0.29, 0.717) is 49.8 Å². The van der Waals surface area contributed by atoms with Gasteiger partial charge in [-0.3, -0.25) is 14.4 Å². The summed E-state index contributed by atoms with van der Waals surface area (Å²) in [5.74, 6) is 0.451. The van der Waals surface area contributed by atoms with Gasteiger partial charge in [0.05, 0.1) is 36.2 Å². The molecule has 50 heavy (non-hydrogen) atoms. The van der Waals surface area contributed by atoms with Crippen molar-refractivity contribution in [3.8, 4) is 11.8 Å². The summed E-state index contributed by atoms with van der Waals surface area (Å²) < 4.78 is 30.1. The molecule has 1 N–H and O–H groups in total. The number of nitrogens with zero attached hydrogens (tertiary/aromatic N) is 7. The molecule has 2 saturated heterocycles. The maximum Gasteiger partial charge on any atom is 0.318 e. The van der Waals surface area contributed by atoms with Crippen LogP contribution < -0.4 is 9.64 Å². The number of phenols is 1. The van der Waals surface area contributed by atoms with E-state index in [2.05, 4.69) is 21.5 Å². The number of fused-ring (bicyclic) bond motifs is 4. The van der Waals surface area contributed by atoms with Crippen molar-refractivity contribution in [2.75, 3.05) is 45.2 Å². The first-order chi connectivity index (χ1) is 24.1. The minimum absolute atomic E-state index is 0.0895. The van der Waals surface area contributed by atoms with E-state index >= 15 is 4.39 Å². The highest BCUT2D eigenvalue weighted by Gasteiger charge is 2.46. The van der Waals surface area contributed by atoms with E-state index < -0.39 is 6.10 Å². The van der Waals surface area contributed by atoms with Crippen LogP contribution in [0.5, 0.6) is 11.8 Å². The van der Waals surface area contributed by atoms with Crippen LogP contribution in [0.15, 0.2) is 42.5 Å². The smallest absolute Gasteiger partial charge is 0.318 e. The zero-order valence-corrected chi connectivity index (χ0v) is 29.0. The summed E-state index contributed by atoms with van der Waals surface area (Å²) in [5, 5.41) is 16.9. The average molecular weight is 682 g/mol. The first-order valence-corrected chi connectivity index (χ1v) is 17.7. The molecule has 0 spiro atoms. The van der Waals surface area contributed by atoms with E-state index in [1.165, 1.54) is 16.5 Å². The van der Waals surface area contributed by atoms with Gasteiger partial charge in [-0.05, 0) is 84.8 Å². The summed E-state index contributed by atoms with van der Waals surface area (Å²) in [4.78, 5) is 29.1. The Morgan fingerprint density at radius 1 is 1.16 bits per heavy atom. The molecule has 2 aromatic carbocycles. The van der Waals surface area contributed by atoms with Crippen LogP contribution in [0.1, 0.15) is 77.3 Å². The lowest BCUT2D eigenvalue weighted by Gasteiger charge is -2.33. The quantitative estimate of drug-likeness (QED) is 0.259. The van der Waals surface area contributed by atoms with E-state index in [4.69, 9.17) is 19.4 Å². The molecule has 2 aromatic heterocycles. The van der Waals surface area contributed by atoms with Crippen LogP contribution in [0.25, 0.3) is 10.8 Å². The Hall–Kier alpha value is -4.55. The molecule has 4 aliphatic heterocycles. The summed E-state index contributed by atoms with van der Waals surface area (Å²) in [6, 6.07) is 8.73. The summed E-state index contributed by atoms with van der Waals surface area (Å²) in [6.45, 7) is 10.8. The van der Waals surface area contributed by atoms with E-state index in [9.17, 15) is 9.90 Å². The van der Waals surface area contributed by atoms with Crippen LogP contribution in [-0.2, 0) is 37.3 Å². The van der Waals surface area contributed by atoms with E-state index in [0.717, 1.165) is 84.4 Å². The summed E-state index contributed by atoms with van der Waals surface area (Å²) >= 11 is 0. The van der Waals surface area contributed by atoms with Gasteiger partial charge in [0.2, 0.25) is 0 Å². The zero-order valence-electron chi connectivity index (χ0n) is 29.0. The molecule has 2 fully saturated rings. The van der Waals surface area contributed by atoms with Crippen molar-refractivity contribution >= 4 is 22.5 Å². The molecule has 2 atom stereocenters. The van der Waals surface area contributed by atoms with Crippen molar-refractivity contribution in [2.45, 2.75) is 76.8 Å². The molecular weight excluding hydrogens is 637 g/mol. The van der Waals surface area contributed by atoms with Crippen molar-refractivity contribution in [2.24, 2.45) is 0 Å². The second kappa shape index (κ2) is 12.6. The number of aromatic hydroxyl groups is 1. The second-order valence-electron chi connectivity index (χ2n) is 14.5. The fourth-order valence-electron chi connectivity index (χ4n) is 8.51. The average Bonchev–Trinajstić information content (AvgIpc) is 3.73. The normalized spacial score (nSPS) is 22.0. The van der Waals surface area contributed by atoms with Crippen LogP contribution in [0.4, 0.5) is 10.2 Å². The Kier molecular flexibility index (Phi) is 8.26. The number of benzene rings is 2. The highest BCUT2D eigenvalue weighted by molar-refractivity contribution is 5.92. The fourth-order valence-corrected chi connectivity index (χ4v) is 8.51.